The molecule has 1 fully saturated rings. The van der Waals surface area contributed by atoms with Gasteiger partial charge >= 0.3 is 0 Å². The molecule has 2 atom stereocenters. The van der Waals surface area contributed by atoms with Crippen molar-refractivity contribution in [3.63, 3.8) is 0 Å². The topological polar surface area (TPSA) is 66.4 Å². The zero-order valence-electron chi connectivity index (χ0n) is 11.5. The van der Waals surface area contributed by atoms with E-state index in [1.165, 1.54) is 0 Å². The van der Waals surface area contributed by atoms with Gasteiger partial charge in [-0.25, -0.2) is 13.8 Å². The smallest absolute Gasteiger partial charge is 0.168 e. The van der Waals surface area contributed by atoms with E-state index in [0.717, 1.165) is 6.07 Å². The van der Waals surface area contributed by atoms with Gasteiger partial charge < -0.3 is 20.5 Å². The van der Waals surface area contributed by atoms with Crippen LogP contribution in [0.4, 0.5) is 20.4 Å². The van der Waals surface area contributed by atoms with Gasteiger partial charge in [-0.05, 0) is 13.8 Å². The third-order valence-corrected chi connectivity index (χ3v) is 3.50. The Balaban J connectivity index is 2.11. The highest BCUT2D eigenvalue weighted by molar-refractivity contribution is 5.47. The van der Waals surface area contributed by atoms with Crippen LogP contribution >= 0.6 is 0 Å². The van der Waals surface area contributed by atoms with Crippen LogP contribution in [0.3, 0.4) is 0 Å². The van der Waals surface area contributed by atoms with Crippen LogP contribution in [0.1, 0.15) is 20.3 Å². The molecule has 1 aromatic rings. The van der Waals surface area contributed by atoms with Crippen molar-refractivity contribution in [2.45, 2.75) is 32.0 Å². The van der Waals surface area contributed by atoms with Crippen molar-refractivity contribution >= 4 is 11.6 Å². The Morgan fingerprint density at radius 2 is 2.05 bits per heavy atom. The number of ether oxygens (including phenoxy) is 1. The summed E-state index contributed by atoms with van der Waals surface area (Å²) >= 11 is 0. The van der Waals surface area contributed by atoms with Crippen LogP contribution in [0.5, 0.6) is 0 Å². The van der Waals surface area contributed by atoms with E-state index in [1.807, 2.05) is 0 Å². The van der Waals surface area contributed by atoms with Gasteiger partial charge in [-0.2, -0.15) is 0 Å². The maximum atomic E-state index is 13.7. The molecule has 5 nitrogen and oxygen atoms in total. The van der Waals surface area contributed by atoms with Gasteiger partial charge in [-0.3, -0.25) is 0 Å². The Hall–Kier alpha value is -1.47. The third-order valence-electron chi connectivity index (χ3n) is 3.50. The molecule has 0 radical (unpaired) electrons. The molecule has 2 unspecified atom stereocenters. The minimum absolute atomic E-state index is 0.0147. The number of pyridine rings is 1. The minimum atomic E-state index is -1.07. The highest BCUT2D eigenvalue weighted by Crippen LogP contribution is 2.27. The molecular formula is C13H19F2N3O2. The second kappa shape index (κ2) is 5.88. The van der Waals surface area contributed by atoms with Crippen LogP contribution in [0.15, 0.2) is 6.07 Å². The molecule has 0 saturated carbocycles. The quantitative estimate of drug-likeness (QED) is 0.770. The molecule has 0 aromatic carbocycles. The third kappa shape index (κ3) is 2.99. The molecule has 0 bridgehead atoms. The number of halogens is 2. The summed E-state index contributed by atoms with van der Waals surface area (Å²) in [6, 6.07) is 0.770. The zero-order chi connectivity index (χ0) is 14.8. The molecule has 0 spiro atoms. The van der Waals surface area contributed by atoms with Crippen molar-refractivity contribution in [2.75, 3.05) is 30.3 Å². The van der Waals surface area contributed by atoms with Gasteiger partial charge in [0, 0.05) is 32.2 Å². The lowest BCUT2D eigenvalue weighted by molar-refractivity contribution is -0.0176. The van der Waals surface area contributed by atoms with Gasteiger partial charge in [0.2, 0.25) is 0 Å². The number of anilines is 2. The largest absolute Gasteiger partial charge is 0.385 e. The van der Waals surface area contributed by atoms with E-state index >= 15 is 0 Å². The summed E-state index contributed by atoms with van der Waals surface area (Å²) in [4.78, 5) is 3.85. The molecule has 1 aliphatic rings. The van der Waals surface area contributed by atoms with Gasteiger partial charge in [0.25, 0.3) is 0 Å². The molecule has 0 amide bonds. The van der Waals surface area contributed by atoms with Gasteiger partial charge in [0.15, 0.2) is 23.3 Å². The van der Waals surface area contributed by atoms with Crippen LogP contribution in [0, 0.1) is 11.6 Å². The first-order valence-corrected chi connectivity index (χ1v) is 6.64. The molecule has 20 heavy (non-hydrogen) atoms. The van der Waals surface area contributed by atoms with Gasteiger partial charge in [-0.15, -0.1) is 0 Å². The molecule has 1 aromatic heterocycles. The second-order valence-electron chi connectivity index (χ2n) is 4.90. The fraction of sp³-hybridized carbons (Fsp3) is 0.615. The van der Waals surface area contributed by atoms with E-state index in [-0.39, 0.29) is 24.3 Å². The van der Waals surface area contributed by atoms with Crippen molar-refractivity contribution in [2.24, 2.45) is 0 Å². The predicted octanol–water partition coefficient (Wildman–Crippen LogP) is 1.74. The number of hydrogen-bond acceptors (Lipinski definition) is 5. The van der Waals surface area contributed by atoms with Crippen molar-refractivity contribution in [3.8, 4) is 0 Å². The van der Waals surface area contributed by atoms with Crippen LogP contribution in [-0.4, -0.2) is 41.5 Å². The summed E-state index contributed by atoms with van der Waals surface area (Å²) < 4.78 is 32.4. The molecule has 3 N–H and O–H groups in total. The van der Waals surface area contributed by atoms with Gasteiger partial charge in [-0.1, -0.05) is 0 Å². The van der Waals surface area contributed by atoms with Crippen molar-refractivity contribution in [3.05, 3.63) is 17.7 Å². The zero-order valence-corrected chi connectivity index (χ0v) is 11.5. The molecule has 2 heterocycles. The molecule has 112 valence electrons. The summed E-state index contributed by atoms with van der Waals surface area (Å²) in [7, 11) is 0. The van der Waals surface area contributed by atoms with E-state index in [2.05, 4.69) is 15.6 Å². The summed E-state index contributed by atoms with van der Waals surface area (Å²) in [5, 5.41) is 15.8. The van der Waals surface area contributed by atoms with Crippen molar-refractivity contribution < 1.29 is 18.6 Å². The van der Waals surface area contributed by atoms with Gasteiger partial charge in [0.05, 0.1) is 6.10 Å². The summed E-state index contributed by atoms with van der Waals surface area (Å²) in [6.45, 7) is 4.57. The molecule has 7 heteroatoms. The minimum Gasteiger partial charge on any atom is -0.385 e. The lowest BCUT2D eigenvalue weighted by Crippen LogP contribution is -2.43. The molecule has 0 aliphatic carbocycles. The Morgan fingerprint density at radius 3 is 2.60 bits per heavy atom. The number of nitrogens with one attached hydrogen (secondary N) is 2. The first kappa shape index (κ1) is 14.9. The van der Waals surface area contributed by atoms with E-state index in [1.54, 1.807) is 13.8 Å². The van der Waals surface area contributed by atoms with E-state index in [4.69, 9.17) is 4.74 Å². The summed E-state index contributed by atoms with van der Waals surface area (Å²) in [6.07, 6.45) is 0.121. The van der Waals surface area contributed by atoms with Crippen LogP contribution < -0.4 is 10.6 Å². The normalized spacial score (nSPS) is 25.8. The van der Waals surface area contributed by atoms with E-state index in [0.29, 0.717) is 19.6 Å². The average molecular weight is 287 g/mol. The Bertz CT molecular complexity index is 487. The lowest BCUT2D eigenvalue weighted by atomic mass is 9.97. The first-order chi connectivity index (χ1) is 9.46. The maximum absolute atomic E-state index is 13.7. The fourth-order valence-corrected chi connectivity index (χ4v) is 2.12. The number of hydrogen-bond donors (Lipinski definition) is 3. The van der Waals surface area contributed by atoms with Gasteiger partial charge in [0.1, 0.15) is 5.60 Å². The molecular weight excluding hydrogens is 268 g/mol. The summed E-state index contributed by atoms with van der Waals surface area (Å²) in [5.41, 5.74) is -1.07. The highest BCUT2D eigenvalue weighted by Gasteiger charge is 2.39. The molecule has 2 rings (SSSR count). The number of aliphatic hydroxyl groups is 1. The van der Waals surface area contributed by atoms with Crippen molar-refractivity contribution in [1.29, 1.82) is 0 Å². The summed E-state index contributed by atoms with van der Waals surface area (Å²) in [5.74, 6) is -1.64. The lowest BCUT2D eigenvalue weighted by Gasteiger charge is -2.26. The molecule has 1 saturated heterocycles. The fourth-order valence-electron chi connectivity index (χ4n) is 2.12. The number of nitrogens with zero attached hydrogens (tertiary/aromatic N) is 1. The average Bonchev–Trinajstić information content (AvgIpc) is 2.72. The van der Waals surface area contributed by atoms with Crippen LogP contribution in [0.2, 0.25) is 0 Å². The van der Waals surface area contributed by atoms with Crippen LogP contribution in [0.25, 0.3) is 0 Å². The maximum Gasteiger partial charge on any atom is 0.168 e. The highest BCUT2D eigenvalue weighted by atomic mass is 19.1. The van der Waals surface area contributed by atoms with E-state index in [9.17, 15) is 13.9 Å². The Labute approximate surface area is 116 Å². The monoisotopic (exact) mass is 287 g/mol. The van der Waals surface area contributed by atoms with E-state index < -0.39 is 17.2 Å². The first-order valence-electron chi connectivity index (χ1n) is 6.64. The number of aromatic nitrogens is 1. The second-order valence-corrected chi connectivity index (χ2v) is 4.90. The Kier molecular flexibility index (Phi) is 4.39. The SMILES string of the molecule is CCNc1nc(NCC2(O)CCOC2C)c(F)cc1F. The Morgan fingerprint density at radius 1 is 1.40 bits per heavy atom. The standard InChI is InChI=1S/C13H19F2N3O2/c1-3-16-11-9(14)6-10(15)12(18-11)17-7-13(19)4-5-20-8(13)2/h6,8,19H,3-5,7H2,1-2H3,(H2,16,17,18). The number of rotatable bonds is 5. The van der Waals surface area contributed by atoms with Crippen LogP contribution in [-0.2, 0) is 4.74 Å². The van der Waals surface area contributed by atoms with Crippen molar-refractivity contribution in [1.82, 2.24) is 4.98 Å². The predicted molar refractivity (Wildman–Crippen MR) is 71.8 cm³/mol. The molecule has 1 aliphatic heterocycles.